The van der Waals surface area contributed by atoms with Crippen LogP contribution in [0.1, 0.15) is 45.4 Å². The molecule has 1 atom stereocenters. The highest BCUT2D eigenvalue weighted by Crippen LogP contribution is 2.31. The van der Waals surface area contributed by atoms with Gasteiger partial charge < -0.3 is 9.84 Å². The van der Waals surface area contributed by atoms with Crippen molar-refractivity contribution in [2.45, 2.75) is 51.2 Å². The summed E-state index contributed by atoms with van der Waals surface area (Å²) in [6.07, 6.45) is 6.04. The predicted octanol–water partition coefficient (Wildman–Crippen LogP) is 1.59. The van der Waals surface area contributed by atoms with E-state index in [1.807, 2.05) is 0 Å². The predicted molar refractivity (Wildman–Crippen MR) is 44.4 cm³/mol. The van der Waals surface area contributed by atoms with Crippen LogP contribution in [0, 0.1) is 0 Å². The largest absolute Gasteiger partial charge is 0.417 e. The molecule has 0 amide bonds. The Kier molecular flexibility index (Phi) is 3.09. The topological polar surface area (TPSA) is 49.8 Å². The van der Waals surface area contributed by atoms with Crippen molar-refractivity contribution in [2.75, 3.05) is 0 Å². The van der Waals surface area contributed by atoms with E-state index >= 15 is 0 Å². The quantitative estimate of drug-likeness (QED) is 0.489. The fourth-order valence-electron chi connectivity index (χ4n) is 1.25. The molecule has 1 N–H and O–H groups in total. The molecule has 0 aromatic carbocycles. The number of aliphatic hydroxyl groups is 1. The Balaban J connectivity index is 1.93. The second-order valence-corrected chi connectivity index (χ2v) is 3.34. The molecule has 3 heteroatoms. The second kappa shape index (κ2) is 3.90. The maximum atomic E-state index is 10.5. The highest BCUT2D eigenvalue weighted by molar-refractivity contribution is 5.90. The SMILES string of the molecule is CCCCCCCC1(O)OC1=O. The molecule has 0 spiro atoms. The third-order valence-electron chi connectivity index (χ3n) is 2.16. The van der Waals surface area contributed by atoms with Gasteiger partial charge in [-0.1, -0.05) is 32.6 Å². The van der Waals surface area contributed by atoms with Crippen molar-refractivity contribution in [3.8, 4) is 0 Å². The number of carbonyl (C=O) groups is 1. The molecule has 1 unspecified atom stereocenters. The first-order chi connectivity index (χ1) is 5.69. The van der Waals surface area contributed by atoms with E-state index in [0.29, 0.717) is 6.42 Å². The van der Waals surface area contributed by atoms with Crippen molar-refractivity contribution in [1.82, 2.24) is 0 Å². The number of ether oxygens (including phenoxy) is 1. The van der Waals surface area contributed by atoms with Crippen molar-refractivity contribution in [2.24, 2.45) is 0 Å². The van der Waals surface area contributed by atoms with Gasteiger partial charge in [0, 0.05) is 6.42 Å². The number of hydrogen-bond donors (Lipinski definition) is 1. The van der Waals surface area contributed by atoms with Crippen LogP contribution in [0.3, 0.4) is 0 Å². The van der Waals surface area contributed by atoms with Gasteiger partial charge in [0.25, 0.3) is 0 Å². The first-order valence-corrected chi connectivity index (χ1v) is 4.65. The summed E-state index contributed by atoms with van der Waals surface area (Å²) in [4.78, 5) is 10.5. The van der Waals surface area contributed by atoms with E-state index in [9.17, 15) is 9.90 Å². The summed E-state index contributed by atoms with van der Waals surface area (Å²) in [5, 5.41) is 9.18. The van der Waals surface area contributed by atoms with Crippen LogP contribution in [-0.2, 0) is 9.53 Å². The maximum Gasteiger partial charge on any atom is 0.382 e. The second-order valence-electron chi connectivity index (χ2n) is 3.34. The highest BCUT2D eigenvalue weighted by atomic mass is 16.8. The summed E-state index contributed by atoms with van der Waals surface area (Å²) in [5.74, 6) is -1.84. The lowest BCUT2D eigenvalue weighted by Crippen LogP contribution is -2.10. The third-order valence-corrected chi connectivity index (χ3v) is 2.16. The average molecular weight is 172 g/mol. The highest BCUT2D eigenvalue weighted by Gasteiger charge is 2.56. The molecule has 12 heavy (non-hydrogen) atoms. The summed E-state index contributed by atoms with van der Waals surface area (Å²) in [6, 6.07) is 0. The van der Waals surface area contributed by atoms with E-state index in [2.05, 4.69) is 11.7 Å². The van der Waals surface area contributed by atoms with Crippen LogP contribution < -0.4 is 0 Å². The number of cyclic esters (lactones) is 1. The van der Waals surface area contributed by atoms with Gasteiger partial charge in [-0.2, -0.15) is 0 Å². The minimum atomic E-state index is -1.38. The summed E-state index contributed by atoms with van der Waals surface area (Å²) in [7, 11) is 0. The molecule has 1 saturated heterocycles. The fraction of sp³-hybridized carbons (Fsp3) is 0.889. The standard InChI is InChI=1S/C9H16O3/c1-2-3-4-5-6-7-9(11)8(10)12-9/h11H,2-7H2,1H3. The summed E-state index contributed by atoms with van der Waals surface area (Å²) >= 11 is 0. The molecule has 3 nitrogen and oxygen atoms in total. The minimum Gasteiger partial charge on any atom is -0.417 e. The van der Waals surface area contributed by atoms with Crippen LogP contribution in [0.15, 0.2) is 0 Å². The van der Waals surface area contributed by atoms with Gasteiger partial charge in [0.1, 0.15) is 0 Å². The molecule has 0 bridgehead atoms. The molecular weight excluding hydrogens is 156 g/mol. The van der Waals surface area contributed by atoms with Gasteiger partial charge in [0.2, 0.25) is 0 Å². The number of epoxide rings is 1. The van der Waals surface area contributed by atoms with Crippen molar-refractivity contribution in [3.63, 3.8) is 0 Å². The van der Waals surface area contributed by atoms with Crippen LogP contribution in [-0.4, -0.2) is 16.9 Å². The molecular formula is C9H16O3. The minimum absolute atomic E-state index is 0.460. The van der Waals surface area contributed by atoms with E-state index in [4.69, 9.17) is 0 Å². The van der Waals surface area contributed by atoms with Gasteiger partial charge in [-0.15, -0.1) is 0 Å². The van der Waals surface area contributed by atoms with Gasteiger partial charge in [-0.3, -0.25) is 0 Å². The van der Waals surface area contributed by atoms with Gasteiger partial charge in [0.15, 0.2) is 0 Å². The zero-order chi connectivity index (χ0) is 9.03. The van der Waals surface area contributed by atoms with Crippen molar-refractivity contribution in [1.29, 1.82) is 0 Å². The molecule has 0 aromatic rings. The monoisotopic (exact) mass is 172 g/mol. The molecule has 70 valence electrons. The lowest BCUT2D eigenvalue weighted by atomic mass is 10.1. The number of rotatable bonds is 6. The Bertz CT molecular complexity index is 167. The lowest BCUT2D eigenvalue weighted by Gasteiger charge is -1.99. The van der Waals surface area contributed by atoms with Crippen LogP contribution in [0.2, 0.25) is 0 Å². The fourth-order valence-corrected chi connectivity index (χ4v) is 1.25. The number of hydrogen-bond acceptors (Lipinski definition) is 3. The first kappa shape index (κ1) is 9.52. The Morgan fingerprint density at radius 1 is 1.33 bits per heavy atom. The van der Waals surface area contributed by atoms with Crippen molar-refractivity contribution in [3.05, 3.63) is 0 Å². The zero-order valence-electron chi connectivity index (χ0n) is 7.51. The van der Waals surface area contributed by atoms with Crippen LogP contribution in [0.4, 0.5) is 0 Å². The van der Waals surface area contributed by atoms with Crippen LogP contribution >= 0.6 is 0 Å². The molecule has 0 radical (unpaired) electrons. The van der Waals surface area contributed by atoms with Gasteiger partial charge >= 0.3 is 11.8 Å². The molecule has 0 aliphatic carbocycles. The Morgan fingerprint density at radius 2 is 1.92 bits per heavy atom. The molecule has 0 saturated carbocycles. The van der Waals surface area contributed by atoms with Crippen molar-refractivity contribution < 1.29 is 14.6 Å². The smallest absolute Gasteiger partial charge is 0.382 e. The zero-order valence-corrected chi connectivity index (χ0v) is 7.51. The molecule has 1 aliphatic rings. The molecule has 1 aliphatic heterocycles. The Morgan fingerprint density at radius 3 is 2.42 bits per heavy atom. The van der Waals surface area contributed by atoms with Crippen LogP contribution in [0.25, 0.3) is 0 Å². The summed E-state index contributed by atoms with van der Waals surface area (Å²) < 4.78 is 4.43. The number of unbranched alkanes of at least 4 members (excludes halogenated alkanes) is 4. The lowest BCUT2D eigenvalue weighted by molar-refractivity contribution is -0.118. The van der Waals surface area contributed by atoms with Crippen LogP contribution in [0.5, 0.6) is 0 Å². The normalized spacial score (nSPS) is 27.0. The van der Waals surface area contributed by atoms with Gasteiger partial charge in [-0.25, -0.2) is 4.79 Å². The summed E-state index contributed by atoms with van der Waals surface area (Å²) in [5.41, 5.74) is 0. The molecule has 1 fully saturated rings. The molecule has 1 rings (SSSR count). The molecule has 0 aromatic heterocycles. The van der Waals surface area contributed by atoms with E-state index in [0.717, 1.165) is 12.8 Å². The van der Waals surface area contributed by atoms with E-state index in [-0.39, 0.29) is 0 Å². The first-order valence-electron chi connectivity index (χ1n) is 4.65. The Labute approximate surface area is 72.7 Å². The molecule has 1 heterocycles. The Hall–Kier alpha value is -0.570. The third kappa shape index (κ3) is 2.48. The van der Waals surface area contributed by atoms with E-state index in [1.54, 1.807) is 0 Å². The van der Waals surface area contributed by atoms with Crippen molar-refractivity contribution >= 4 is 5.97 Å². The maximum absolute atomic E-state index is 10.5. The average Bonchev–Trinajstić information content (AvgIpc) is 2.60. The van der Waals surface area contributed by atoms with Gasteiger partial charge in [0.05, 0.1) is 0 Å². The van der Waals surface area contributed by atoms with E-state index in [1.165, 1.54) is 19.3 Å². The summed E-state index contributed by atoms with van der Waals surface area (Å²) in [6.45, 7) is 2.15. The van der Waals surface area contributed by atoms with Gasteiger partial charge in [-0.05, 0) is 6.42 Å². The van der Waals surface area contributed by atoms with E-state index < -0.39 is 11.8 Å². The number of carbonyl (C=O) groups excluding carboxylic acids is 1.